The molecule has 0 atom stereocenters. The van der Waals surface area contributed by atoms with E-state index in [0.717, 1.165) is 18.0 Å². The minimum Gasteiger partial charge on any atom is -0.354 e. The highest BCUT2D eigenvalue weighted by molar-refractivity contribution is 8.00. The van der Waals surface area contributed by atoms with Crippen LogP contribution in [0.25, 0.3) is 0 Å². The molecule has 19 heavy (non-hydrogen) atoms. The van der Waals surface area contributed by atoms with Crippen molar-refractivity contribution in [2.75, 3.05) is 31.9 Å². The maximum Gasteiger partial charge on any atom is 0.230 e. The molecule has 1 N–H and O–H groups in total. The lowest BCUT2D eigenvalue weighted by atomic mass is 10.1. The van der Waals surface area contributed by atoms with Gasteiger partial charge in [-0.25, -0.2) is 0 Å². The van der Waals surface area contributed by atoms with Crippen molar-refractivity contribution in [3.05, 3.63) is 30.3 Å². The number of piperidine rings is 1. The number of thioether (sulfide) groups is 1. The lowest BCUT2D eigenvalue weighted by Crippen LogP contribution is -2.38. The second-order valence-corrected chi connectivity index (χ2v) is 5.90. The summed E-state index contributed by atoms with van der Waals surface area (Å²) in [6.45, 7) is 4.14. The van der Waals surface area contributed by atoms with Crippen LogP contribution in [0.5, 0.6) is 0 Å². The third-order valence-corrected chi connectivity index (χ3v) is 4.32. The highest BCUT2D eigenvalue weighted by Gasteiger charge is 2.09. The van der Waals surface area contributed by atoms with Crippen molar-refractivity contribution in [3.63, 3.8) is 0 Å². The molecular weight excluding hydrogens is 256 g/mol. The van der Waals surface area contributed by atoms with Gasteiger partial charge in [0, 0.05) is 18.0 Å². The van der Waals surface area contributed by atoms with E-state index in [1.807, 2.05) is 30.3 Å². The van der Waals surface area contributed by atoms with E-state index in [-0.39, 0.29) is 5.91 Å². The zero-order valence-corrected chi connectivity index (χ0v) is 12.1. The normalized spacial score (nSPS) is 16.2. The van der Waals surface area contributed by atoms with Crippen LogP contribution < -0.4 is 5.32 Å². The average Bonchev–Trinajstić information content (AvgIpc) is 2.47. The summed E-state index contributed by atoms with van der Waals surface area (Å²) in [5.74, 6) is 0.634. The molecule has 1 aromatic carbocycles. The van der Waals surface area contributed by atoms with Gasteiger partial charge in [-0.2, -0.15) is 0 Å². The molecule has 1 aliphatic rings. The molecule has 0 radical (unpaired) electrons. The second kappa shape index (κ2) is 8.23. The number of nitrogens with one attached hydrogen (secondary N) is 1. The molecule has 104 valence electrons. The Balaban J connectivity index is 1.57. The number of carbonyl (C=O) groups excluding carboxylic acids is 1. The van der Waals surface area contributed by atoms with Crippen molar-refractivity contribution >= 4 is 17.7 Å². The Labute approximate surface area is 119 Å². The van der Waals surface area contributed by atoms with Crippen LogP contribution in [0.4, 0.5) is 0 Å². The number of hydrogen-bond donors (Lipinski definition) is 1. The average molecular weight is 278 g/mol. The van der Waals surface area contributed by atoms with Crippen molar-refractivity contribution in [2.45, 2.75) is 24.2 Å². The molecule has 1 heterocycles. The molecule has 1 aliphatic heterocycles. The summed E-state index contributed by atoms with van der Waals surface area (Å²) in [5, 5.41) is 3.00. The summed E-state index contributed by atoms with van der Waals surface area (Å²) in [7, 11) is 0. The van der Waals surface area contributed by atoms with E-state index >= 15 is 0 Å². The summed E-state index contributed by atoms with van der Waals surface area (Å²) >= 11 is 1.59. The number of amides is 1. The van der Waals surface area contributed by atoms with E-state index in [0.29, 0.717) is 5.75 Å². The first-order chi connectivity index (χ1) is 9.34. The van der Waals surface area contributed by atoms with Gasteiger partial charge in [-0.05, 0) is 38.1 Å². The van der Waals surface area contributed by atoms with Gasteiger partial charge in [0.15, 0.2) is 0 Å². The van der Waals surface area contributed by atoms with Crippen LogP contribution in [0, 0.1) is 0 Å². The number of benzene rings is 1. The first-order valence-electron chi connectivity index (χ1n) is 7.01. The SMILES string of the molecule is O=C(CSc1ccccc1)NCCN1CCCCC1. The van der Waals surface area contributed by atoms with E-state index in [4.69, 9.17) is 0 Å². The predicted octanol–water partition coefficient (Wildman–Crippen LogP) is 2.38. The van der Waals surface area contributed by atoms with Gasteiger partial charge >= 0.3 is 0 Å². The number of rotatable bonds is 6. The third-order valence-electron chi connectivity index (χ3n) is 3.31. The van der Waals surface area contributed by atoms with Crippen molar-refractivity contribution in [1.29, 1.82) is 0 Å². The largest absolute Gasteiger partial charge is 0.354 e. The molecule has 0 unspecified atom stereocenters. The molecular formula is C15H22N2OS. The molecule has 1 saturated heterocycles. The van der Waals surface area contributed by atoms with Crippen LogP contribution >= 0.6 is 11.8 Å². The molecule has 0 aromatic heterocycles. The maximum atomic E-state index is 11.7. The zero-order chi connectivity index (χ0) is 13.3. The highest BCUT2D eigenvalue weighted by Crippen LogP contribution is 2.16. The van der Waals surface area contributed by atoms with Crippen LogP contribution in [0.2, 0.25) is 0 Å². The van der Waals surface area contributed by atoms with Crippen LogP contribution in [0.1, 0.15) is 19.3 Å². The van der Waals surface area contributed by atoms with Gasteiger partial charge in [-0.1, -0.05) is 24.6 Å². The lowest BCUT2D eigenvalue weighted by Gasteiger charge is -2.26. The first-order valence-corrected chi connectivity index (χ1v) is 8.00. The monoisotopic (exact) mass is 278 g/mol. The predicted molar refractivity (Wildman–Crippen MR) is 80.5 cm³/mol. The van der Waals surface area contributed by atoms with E-state index in [1.54, 1.807) is 11.8 Å². The van der Waals surface area contributed by atoms with Gasteiger partial charge < -0.3 is 10.2 Å². The van der Waals surface area contributed by atoms with Crippen LogP contribution in [0.15, 0.2) is 35.2 Å². The number of nitrogens with zero attached hydrogens (tertiary/aromatic N) is 1. The van der Waals surface area contributed by atoms with Crippen molar-refractivity contribution in [1.82, 2.24) is 10.2 Å². The molecule has 2 rings (SSSR count). The van der Waals surface area contributed by atoms with Gasteiger partial charge in [0.1, 0.15) is 0 Å². The Morgan fingerprint density at radius 3 is 2.63 bits per heavy atom. The van der Waals surface area contributed by atoms with E-state index < -0.39 is 0 Å². The standard InChI is InChI=1S/C15H22N2OS/c18-15(13-19-14-7-3-1-4-8-14)16-9-12-17-10-5-2-6-11-17/h1,3-4,7-8H,2,5-6,9-13H2,(H,16,18). The second-order valence-electron chi connectivity index (χ2n) is 4.85. The molecule has 0 spiro atoms. The lowest BCUT2D eigenvalue weighted by molar-refractivity contribution is -0.118. The van der Waals surface area contributed by atoms with Crippen LogP contribution in [-0.2, 0) is 4.79 Å². The van der Waals surface area contributed by atoms with Crippen molar-refractivity contribution in [2.24, 2.45) is 0 Å². The summed E-state index contributed by atoms with van der Waals surface area (Å²) < 4.78 is 0. The quantitative estimate of drug-likeness (QED) is 0.811. The van der Waals surface area contributed by atoms with Crippen LogP contribution in [0.3, 0.4) is 0 Å². The molecule has 1 aromatic rings. The molecule has 1 amide bonds. The Morgan fingerprint density at radius 2 is 1.89 bits per heavy atom. The number of likely N-dealkylation sites (tertiary alicyclic amines) is 1. The minimum absolute atomic E-state index is 0.130. The van der Waals surface area contributed by atoms with Gasteiger partial charge in [-0.3, -0.25) is 4.79 Å². The third kappa shape index (κ3) is 5.66. The Hall–Kier alpha value is -1.00. The Kier molecular flexibility index (Phi) is 6.24. The molecule has 4 heteroatoms. The highest BCUT2D eigenvalue weighted by atomic mass is 32.2. The van der Waals surface area contributed by atoms with E-state index in [2.05, 4.69) is 10.2 Å². The minimum atomic E-state index is 0.130. The summed E-state index contributed by atoms with van der Waals surface area (Å²) in [6.07, 6.45) is 3.96. The fourth-order valence-electron chi connectivity index (χ4n) is 2.25. The summed E-state index contributed by atoms with van der Waals surface area (Å²) in [5.41, 5.74) is 0. The summed E-state index contributed by atoms with van der Waals surface area (Å²) in [6, 6.07) is 10.0. The first kappa shape index (κ1) is 14.4. The Bertz CT molecular complexity index is 377. The van der Waals surface area contributed by atoms with Crippen molar-refractivity contribution in [3.8, 4) is 0 Å². The van der Waals surface area contributed by atoms with Gasteiger partial charge in [0.25, 0.3) is 0 Å². The fraction of sp³-hybridized carbons (Fsp3) is 0.533. The summed E-state index contributed by atoms with van der Waals surface area (Å²) in [4.78, 5) is 15.3. The van der Waals surface area contributed by atoms with E-state index in [9.17, 15) is 4.79 Å². The number of hydrogen-bond acceptors (Lipinski definition) is 3. The molecule has 3 nitrogen and oxygen atoms in total. The maximum absolute atomic E-state index is 11.7. The Morgan fingerprint density at radius 1 is 1.16 bits per heavy atom. The van der Waals surface area contributed by atoms with Gasteiger partial charge in [-0.15, -0.1) is 11.8 Å². The molecule has 1 fully saturated rings. The van der Waals surface area contributed by atoms with E-state index in [1.165, 1.54) is 32.4 Å². The smallest absolute Gasteiger partial charge is 0.230 e. The molecule has 0 saturated carbocycles. The molecule has 0 aliphatic carbocycles. The van der Waals surface area contributed by atoms with Gasteiger partial charge in [0.2, 0.25) is 5.91 Å². The van der Waals surface area contributed by atoms with Crippen molar-refractivity contribution < 1.29 is 4.79 Å². The number of carbonyl (C=O) groups is 1. The van der Waals surface area contributed by atoms with Gasteiger partial charge in [0.05, 0.1) is 5.75 Å². The molecule has 0 bridgehead atoms. The van der Waals surface area contributed by atoms with Crippen LogP contribution in [-0.4, -0.2) is 42.7 Å². The zero-order valence-electron chi connectivity index (χ0n) is 11.3. The fourth-order valence-corrected chi connectivity index (χ4v) is 3.00. The topological polar surface area (TPSA) is 32.3 Å².